The number of nitrogens with zero attached hydrogens (tertiary/aromatic N) is 1. The minimum absolute atomic E-state index is 0.0768. The van der Waals surface area contributed by atoms with Crippen LogP contribution in [0.3, 0.4) is 0 Å². The van der Waals surface area contributed by atoms with Gasteiger partial charge in [0.1, 0.15) is 6.04 Å². The molecular formula is C38H39ClN4O5. The number of carboxylic acids is 1. The standard InChI is InChI=1S/C38H39ClN4O5/c1-2-43(28(23-34(40)44)21-24-18-19-25-10-3-4-11-26(25)20-24)38(48)32(16-9-17-35(45)46)42-37(47)36-29-13-6-8-15-31(29)41-33(36)22-27-12-5-7-14-30(27)39/h3-8,10-15,18-20,28,32,41H,2,9,16-17,21-23H2,1H3,(H2,40,44)(H,42,47)(H,45,46)/t28-,32-/m0/s1. The van der Waals surface area contributed by atoms with Crippen molar-refractivity contribution in [1.29, 1.82) is 0 Å². The minimum atomic E-state index is -1.05. The number of carbonyl (C=O) groups excluding carboxylic acids is 3. The van der Waals surface area contributed by atoms with Crippen molar-refractivity contribution in [2.24, 2.45) is 5.73 Å². The van der Waals surface area contributed by atoms with E-state index in [1.165, 1.54) is 0 Å². The van der Waals surface area contributed by atoms with Crippen molar-refractivity contribution in [2.45, 2.75) is 57.5 Å². The summed E-state index contributed by atoms with van der Waals surface area (Å²) >= 11 is 6.47. The molecule has 0 saturated carbocycles. The lowest BCUT2D eigenvalue weighted by molar-refractivity contribution is -0.139. The van der Waals surface area contributed by atoms with E-state index in [2.05, 4.69) is 10.3 Å². The maximum atomic E-state index is 14.4. The molecule has 0 aliphatic carbocycles. The first-order valence-corrected chi connectivity index (χ1v) is 16.4. The van der Waals surface area contributed by atoms with Gasteiger partial charge in [0.05, 0.1) is 5.56 Å². The Labute approximate surface area is 284 Å². The zero-order valence-electron chi connectivity index (χ0n) is 26.7. The molecule has 4 aromatic carbocycles. The van der Waals surface area contributed by atoms with Crippen LogP contribution in [0.2, 0.25) is 5.02 Å². The van der Waals surface area contributed by atoms with Crippen LogP contribution >= 0.6 is 11.6 Å². The SMILES string of the molecule is CCN(C(=O)[C@H](CCCC(=O)O)NC(=O)c1c(Cc2ccccc2Cl)[nH]c2ccccc12)[C@H](CC(N)=O)Cc1ccc2ccccc2c1. The molecule has 0 radical (unpaired) electrons. The van der Waals surface area contributed by atoms with Gasteiger partial charge in [-0.25, -0.2) is 0 Å². The second-order valence-electron chi connectivity index (χ2n) is 11.9. The van der Waals surface area contributed by atoms with E-state index in [0.29, 0.717) is 34.5 Å². The third-order valence-electron chi connectivity index (χ3n) is 8.61. The van der Waals surface area contributed by atoms with Gasteiger partial charge in [-0.15, -0.1) is 0 Å². The zero-order valence-corrected chi connectivity index (χ0v) is 27.5. The van der Waals surface area contributed by atoms with Crippen molar-refractivity contribution >= 4 is 57.0 Å². The van der Waals surface area contributed by atoms with E-state index in [0.717, 1.165) is 27.4 Å². The summed E-state index contributed by atoms with van der Waals surface area (Å²) in [5, 5.41) is 15.6. The molecule has 5 N–H and O–H groups in total. The molecule has 248 valence electrons. The molecule has 0 aliphatic rings. The van der Waals surface area contributed by atoms with Crippen LogP contribution in [-0.4, -0.2) is 57.3 Å². The average Bonchev–Trinajstić information content (AvgIpc) is 3.43. The molecule has 0 fully saturated rings. The molecule has 1 heterocycles. The van der Waals surface area contributed by atoms with Crippen LogP contribution in [0.4, 0.5) is 0 Å². The second-order valence-corrected chi connectivity index (χ2v) is 12.3. The number of para-hydroxylation sites is 1. The van der Waals surface area contributed by atoms with Gasteiger partial charge in [0.25, 0.3) is 5.91 Å². The Morgan fingerprint density at radius 2 is 1.65 bits per heavy atom. The summed E-state index contributed by atoms with van der Waals surface area (Å²) in [6, 6.07) is 27.1. The number of carbonyl (C=O) groups is 4. The number of rotatable bonds is 15. The molecule has 5 aromatic rings. The van der Waals surface area contributed by atoms with Crippen LogP contribution in [0.15, 0.2) is 91.0 Å². The molecule has 0 unspecified atom stereocenters. The van der Waals surface area contributed by atoms with Crippen LogP contribution < -0.4 is 11.1 Å². The van der Waals surface area contributed by atoms with E-state index in [1.54, 1.807) is 11.0 Å². The van der Waals surface area contributed by atoms with E-state index >= 15 is 0 Å². The molecule has 9 nitrogen and oxygen atoms in total. The molecule has 0 aliphatic heterocycles. The lowest BCUT2D eigenvalue weighted by Gasteiger charge is -2.34. The van der Waals surface area contributed by atoms with Gasteiger partial charge in [-0.1, -0.05) is 90.5 Å². The molecule has 0 saturated heterocycles. The Hall–Kier alpha value is -5.15. The Bertz CT molecular complexity index is 1950. The molecule has 10 heteroatoms. The predicted molar refractivity (Wildman–Crippen MR) is 188 cm³/mol. The number of halogens is 1. The topological polar surface area (TPSA) is 146 Å². The van der Waals surface area contributed by atoms with Gasteiger partial charge in [0.2, 0.25) is 11.8 Å². The lowest BCUT2D eigenvalue weighted by atomic mass is 9.97. The highest BCUT2D eigenvalue weighted by Gasteiger charge is 2.32. The van der Waals surface area contributed by atoms with Gasteiger partial charge in [-0.05, 0) is 60.2 Å². The van der Waals surface area contributed by atoms with E-state index in [-0.39, 0.29) is 32.2 Å². The number of aromatic nitrogens is 1. The summed E-state index contributed by atoms with van der Waals surface area (Å²) in [6.07, 6.45) is 0.727. The number of aliphatic carboxylic acids is 1. The van der Waals surface area contributed by atoms with Crippen LogP contribution in [-0.2, 0) is 27.2 Å². The number of nitrogens with one attached hydrogen (secondary N) is 2. The van der Waals surface area contributed by atoms with Crippen LogP contribution in [0, 0.1) is 0 Å². The number of likely N-dealkylation sites (N-methyl/N-ethyl adjacent to an activating group) is 1. The highest BCUT2D eigenvalue weighted by Crippen LogP contribution is 2.27. The molecule has 0 bridgehead atoms. The number of fused-ring (bicyclic) bond motifs is 2. The largest absolute Gasteiger partial charge is 0.481 e. The molecule has 5 rings (SSSR count). The fraction of sp³-hybridized carbons (Fsp3) is 0.263. The Morgan fingerprint density at radius 1 is 0.938 bits per heavy atom. The third-order valence-corrected chi connectivity index (χ3v) is 8.98. The molecule has 2 atom stereocenters. The molecule has 3 amide bonds. The normalized spacial score (nSPS) is 12.5. The van der Waals surface area contributed by atoms with Crippen molar-refractivity contribution in [2.75, 3.05) is 6.54 Å². The first-order chi connectivity index (χ1) is 23.1. The number of benzene rings is 4. The van der Waals surface area contributed by atoms with Crippen LogP contribution in [0.5, 0.6) is 0 Å². The van der Waals surface area contributed by atoms with Crippen molar-refractivity contribution in [3.05, 3.63) is 118 Å². The van der Waals surface area contributed by atoms with Gasteiger partial charge in [0.15, 0.2) is 0 Å². The summed E-state index contributed by atoms with van der Waals surface area (Å²) in [5.74, 6) is -2.43. The highest BCUT2D eigenvalue weighted by atomic mass is 35.5. The monoisotopic (exact) mass is 666 g/mol. The van der Waals surface area contributed by atoms with Crippen molar-refractivity contribution < 1.29 is 24.3 Å². The number of H-pyrrole nitrogens is 1. The first-order valence-electron chi connectivity index (χ1n) is 16.1. The highest BCUT2D eigenvalue weighted by molar-refractivity contribution is 6.31. The minimum Gasteiger partial charge on any atom is -0.481 e. The fourth-order valence-electron chi connectivity index (χ4n) is 6.32. The summed E-state index contributed by atoms with van der Waals surface area (Å²) in [7, 11) is 0. The predicted octanol–water partition coefficient (Wildman–Crippen LogP) is 6.25. The van der Waals surface area contributed by atoms with Gasteiger partial charge < -0.3 is 26.0 Å². The van der Waals surface area contributed by atoms with E-state index in [9.17, 15) is 24.3 Å². The smallest absolute Gasteiger partial charge is 0.303 e. The molecule has 0 spiro atoms. The van der Waals surface area contributed by atoms with Crippen molar-refractivity contribution in [1.82, 2.24) is 15.2 Å². The summed E-state index contributed by atoms with van der Waals surface area (Å²) in [6.45, 7) is 2.06. The van der Waals surface area contributed by atoms with E-state index in [4.69, 9.17) is 17.3 Å². The quantitative estimate of drug-likeness (QED) is 0.104. The number of hydrogen-bond acceptors (Lipinski definition) is 4. The third kappa shape index (κ3) is 8.22. The Morgan fingerprint density at radius 3 is 2.38 bits per heavy atom. The van der Waals surface area contributed by atoms with Gasteiger partial charge in [-0.2, -0.15) is 0 Å². The maximum absolute atomic E-state index is 14.4. The van der Waals surface area contributed by atoms with Crippen LogP contribution in [0.1, 0.15) is 59.8 Å². The number of nitrogens with two attached hydrogens (primary N) is 1. The van der Waals surface area contributed by atoms with Crippen LogP contribution in [0.25, 0.3) is 21.7 Å². The molecule has 48 heavy (non-hydrogen) atoms. The Balaban J connectivity index is 1.46. The fourth-order valence-corrected chi connectivity index (χ4v) is 6.53. The second kappa shape index (κ2) is 15.6. The first kappa shape index (κ1) is 34.2. The van der Waals surface area contributed by atoms with Gasteiger partial charge in [0, 0.05) is 53.5 Å². The number of carboxylic acid groups (broad SMARTS) is 1. The van der Waals surface area contributed by atoms with E-state index in [1.807, 2.05) is 91.9 Å². The number of primary amides is 1. The summed E-state index contributed by atoms with van der Waals surface area (Å²) in [4.78, 5) is 57.2. The maximum Gasteiger partial charge on any atom is 0.303 e. The van der Waals surface area contributed by atoms with E-state index < -0.39 is 35.8 Å². The lowest BCUT2D eigenvalue weighted by Crippen LogP contribution is -2.53. The van der Waals surface area contributed by atoms with Crippen molar-refractivity contribution in [3.8, 4) is 0 Å². The number of hydrogen-bond donors (Lipinski definition) is 4. The number of amides is 3. The molecular weight excluding hydrogens is 628 g/mol. The average molecular weight is 667 g/mol. The molecule has 1 aromatic heterocycles. The zero-order chi connectivity index (χ0) is 34.2. The summed E-state index contributed by atoms with van der Waals surface area (Å²) in [5.41, 5.74) is 9.21. The number of aromatic amines is 1. The Kier molecular flexibility index (Phi) is 11.1. The summed E-state index contributed by atoms with van der Waals surface area (Å²) < 4.78 is 0. The van der Waals surface area contributed by atoms with Crippen molar-refractivity contribution in [3.63, 3.8) is 0 Å². The van der Waals surface area contributed by atoms with Gasteiger partial charge in [-0.3, -0.25) is 19.2 Å². The van der Waals surface area contributed by atoms with Gasteiger partial charge >= 0.3 is 5.97 Å².